The fourth-order valence-corrected chi connectivity index (χ4v) is 3.81. The highest BCUT2D eigenvalue weighted by Crippen LogP contribution is 2.26. The first-order chi connectivity index (χ1) is 12.6. The second-order valence-electron chi connectivity index (χ2n) is 6.57. The molecule has 2 aromatic rings. The number of carbonyl (C=O) groups excluding carboxylic acids is 1. The van der Waals surface area contributed by atoms with Crippen molar-refractivity contribution in [1.29, 1.82) is 0 Å². The average Bonchev–Trinajstić information content (AvgIpc) is 2.60. The summed E-state index contributed by atoms with van der Waals surface area (Å²) in [5.41, 5.74) is 2.16. The summed E-state index contributed by atoms with van der Waals surface area (Å²) in [5, 5.41) is 19.3. The second-order valence-corrected chi connectivity index (χ2v) is 8.26. The number of phenolic OH excluding ortho intramolecular Hbond substituents is 1. The fourth-order valence-electron chi connectivity index (χ4n) is 2.69. The van der Waals surface area contributed by atoms with E-state index in [0.29, 0.717) is 18.5 Å². The van der Waals surface area contributed by atoms with E-state index in [9.17, 15) is 23.4 Å². The van der Waals surface area contributed by atoms with Crippen molar-refractivity contribution < 1.29 is 23.4 Å². The highest BCUT2D eigenvalue weighted by Gasteiger charge is 2.19. The lowest BCUT2D eigenvalue weighted by molar-refractivity contribution is 0.101. The van der Waals surface area contributed by atoms with Crippen molar-refractivity contribution in [2.24, 2.45) is 0 Å². The standard InChI is InChI=1S/C20H25NO5S/c1-4-15-6-8-16(7-5-13(2)22)19(11-15)21-27(25,26)17-9-10-20(24)18(12-17)14(3)23/h6,8-13,21-22,24H,4-5,7H2,1-3H3/t13-/m1/s1. The number of phenols is 1. The molecule has 0 amide bonds. The number of aromatic hydroxyl groups is 1. The number of anilines is 1. The van der Waals surface area contributed by atoms with Gasteiger partial charge >= 0.3 is 0 Å². The van der Waals surface area contributed by atoms with Gasteiger partial charge in [0.2, 0.25) is 0 Å². The summed E-state index contributed by atoms with van der Waals surface area (Å²) in [7, 11) is -3.95. The van der Waals surface area contributed by atoms with Gasteiger partial charge in [-0.3, -0.25) is 9.52 Å². The maximum Gasteiger partial charge on any atom is 0.261 e. The molecule has 0 radical (unpaired) electrons. The summed E-state index contributed by atoms with van der Waals surface area (Å²) < 4.78 is 28.2. The zero-order valence-electron chi connectivity index (χ0n) is 15.7. The Kier molecular flexibility index (Phi) is 6.62. The highest BCUT2D eigenvalue weighted by molar-refractivity contribution is 7.92. The van der Waals surface area contributed by atoms with Gasteiger partial charge in [0.15, 0.2) is 5.78 Å². The SMILES string of the molecule is CCc1ccc(CC[C@@H](C)O)c(NS(=O)(=O)c2ccc(O)c(C(C)=O)c2)c1. The summed E-state index contributed by atoms with van der Waals surface area (Å²) >= 11 is 0. The number of ketones is 1. The minimum atomic E-state index is -3.95. The van der Waals surface area contributed by atoms with Crippen LogP contribution in [0.15, 0.2) is 41.3 Å². The Morgan fingerprint density at radius 2 is 1.89 bits per heavy atom. The van der Waals surface area contributed by atoms with Gasteiger partial charge in [-0.1, -0.05) is 19.1 Å². The number of sulfonamides is 1. The average molecular weight is 391 g/mol. The van der Waals surface area contributed by atoms with E-state index in [2.05, 4.69) is 4.72 Å². The molecule has 2 aromatic carbocycles. The number of rotatable bonds is 8. The molecular weight excluding hydrogens is 366 g/mol. The third kappa shape index (κ3) is 5.30. The van der Waals surface area contributed by atoms with E-state index >= 15 is 0 Å². The van der Waals surface area contributed by atoms with Crippen LogP contribution in [0.1, 0.15) is 48.7 Å². The van der Waals surface area contributed by atoms with Crippen molar-refractivity contribution in [3.63, 3.8) is 0 Å². The van der Waals surface area contributed by atoms with Gasteiger partial charge in [-0.25, -0.2) is 8.42 Å². The first-order valence-electron chi connectivity index (χ1n) is 8.80. The van der Waals surface area contributed by atoms with Crippen LogP contribution in [0.25, 0.3) is 0 Å². The maximum absolute atomic E-state index is 12.8. The van der Waals surface area contributed by atoms with Gasteiger partial charge in [0.1, 0.15) is 5.75 Å². The van der Waals surface area contributed by atoms with E-state index in [0.717, 1.165) is 17.5 Å². The van der Waals surface area contributed by atoms with Crippen molar-refractivity contribution in [2.45, 2.75) is 51.0 Å². The number of aryl methyl sites for hydroxylation is 2. The van der Waals surface area contributed by atoms with E-state index in [-0.39, 0.29) is 16.2 Å². The first kappa shape index (κ1) is 20.9. The van der Waals surface area contributed by atoms with Crippen molar-refractivity contribution in [3.05, 3.63) is 53.1 Å². The predicted octanol–water partition coefficient (Wildman–Crippen LogP) is 3.27. The van der Waals surface area contributed by atoms with Crippen LogP contribution in [-0.2, 0) is 22.9 Å². The molecule has 0 fully saturated rings. The Balaban J connectivity index is 2.42. The molecular formula is C20H25NO5S. The molecule has 27 heavy (non-hydrogen) atoms. The molecule has 0 aliphatic heterocycles. The number of Topliss-reactive ketones (excluding diaryl/α,β-unsaturated/α-hetero) is 1. The fraction of sp³-hybridized carbons (Fsp3) is 0.350. The number of carbonyl (C=O) groups is 1. The van der Waals surface area contributed by atoms with Crippen LogP contribution in [0.3, 0.4) is 0 Å². The topological polar surface area (TPSA) is 104 Å². The normalized spacial score (nSPS) is 12.6. The third-order valence-corrected chi connectivity index (χ3v) is 5.68. The highest BCUT2D eigenvalue weighted by atomic mass is 32.2. The molecule has 6 nitrogen and oxygen atoms in total. The lowest BCUT2D eigenvalue weighted by atomic mass is 10.0. The van der Waals surface area contributed by atoms with Crippen LogP contribution >= 0.6 is 0 Å². The molecule has 7 heteroatoms. The molecule has 0 unspecified atom stereocenters. The van der Waals surface area contributed by atoms with Crippen LogP contribution < -0.4 is 4.72 Å². The van der Waals surface area contributed by atoms with Crippen LogP contribution in [0.5, 0.6) is 5.75 Å². The monoisotopic (exact) mass is 391 g/mol. The number of hydrogen-bond acceptors (Lipinski definition) is 5. The van der Waals surface area contributed by atoms with Crippen LogP contribution in [-0.4, -0.2) is 30.5 Å². The minimum absolute atomic E-state index is 0.0467. The van der Waals surface area contributed by atoms with E-state index in [1.165, 1.54) is 25.1 Å². The molecule has 3 N–H and O–H groups in total. The smallest absolute Gasteiger partial charge is 0.261 e. The number of nitrogens with one attached hydrogen (secondary N) is 1. The molecule has 0 spiro atoms. The Morgan fingerprint density at radius 1 is 1.19 bits per heavy atom. The number of aliphatic hydroxyl groups is 1. The Morgan fingerprint density at radius 3 is 2.48 bits per heavy atom. The molecule has 0 saturated heterocycles. The maximum atomic E-state index is 12.8. The zero-order chi connectivity index (χ0) is 20.2. The number of benzene rings is 2. The second kappa shape index (κ2) is 8.54. The molecule has 0 aliphatic rings. The summed E-state index contributed by atoms with van der Waals surface area (Å²) in [4.78, 5) is 11.5. The van der Waals surface area contributed by atoms with E-state index in [1.54, 1.807) is 13.0 Å². The molecule has 0 aromatic heterocycles. The minimum Gasteiger partial charge on any atom is -0.507 e. The quantitative estimate of drug-likeness (QED) is 0.599. The summed E-state index contributed by atoms with van der Waals surface area (Å²) in [5.74, 6) is -0.679. The van der Waals surface area contributed by atoms with Gasteiger partial charge in [-0.05, 0) is 68.5 Å². The summed E-state index contributed by atoms with van der Waals surface area (Å²) in [6, 6.07) is 9.19. The van der Waals surface area contributed by atoms with Gasteiger partial charge in [0.05, 0.1) is 22.3 Å². The Bertz CT molecular complexity index is 935. The van der Waals surface area contributed by atoms with Gasteiger partial charge in [-0.15, -0.1) is 0 Å². The van der Waals surface area contributed by atoms with E-state index < -0.39 is 21.9 Å². The predicted molar refractivity (Wildman–Crippen MR) is 105 cm³/mol. The molecule has 1 atom stereocenters. The zero-order valence-corrected chi connectivity index (χ0v) is 16.5. The molecule has 0 bridgehead atoms. The largest absolute Gasteiger partial charge is 0.507 e. The van der Waals surface area contributed by atoms with Gasteiger partial charge in [0.25, 0.3) is 10.0 Å². The number of hydrogen-bond donors (Lipinski definition) is 3. The van der Waals surface area contributed by atoms with Gasteiger partial charge < -0.3 is 10.2 Å². The third-order valence-electron chi connectivity index (χ3n) is 4.32. The molecule has 0 saturated carbocycles. The Hall–Kier alpha value is -2.38. The first-order valence-corrected chi connectivity index (χ1v) is 10.3. The molecule has 146 valence electrons. The van der Waals surface area contributed by atoms with E-state index in [1.807, 2.05) is 19.1 Å². The van der Waals surface area contributed by atoms with Crippen molar-refractivity contribution >= 4 is 21.5 Å². The lowest BCUT2D eigenvalue weighted by Gasteiger charge is -2.15. The van der Waals surface area contributed by atoms with Gasteiger partial charge in [-0.2, -0.15) is 0 Å². The van der Waals surface area contributed by atoms with E-state index in [4.69, 9.17) is 0 Å². The van der Waals surface area contributed by atoms with Crippen molar-refractivity contribution in [3.8, 4) is 5.75 Å². The van der Waals surface area contributed by atoms with Crippen molar-refractivity contribution in [1.82, 2.24) is 0 Å². The van der Waals surface area contributed by atoms with Gasteiger partial charge in [0, 0.05) is 0 Å². The van der Waals surface area contributed by atoms with Crippen LogP contribution in [0.4, 0.5) is 5.69 Å². The Labute approximate surface area is 159 Å². The molecule has 0 heterocycles. The lowest BCUT2D eigenvalue weighted by Crippen LogP contribution is -2.15. The molecule has 0 aliphatic carbocycles. The van der Waals surface area contributed by atoms with Crippen LogP contribution in [0, 0.1) is 0 Å². The van der Waals surface area contributed by atoms with Crippen LogP contribution in [0.2, 0.25) is 0 Å². The van der Waals surface area contributed by atoms with Crippen molar-refractivity contribution in [2.75, 3.05) is 4.72 Å². The number of aliphatic hydroxyl groups excluding tert-OH is 1. The summed E-state index contributed by atoms with van der Waals surface area (Å²) in [6.07, 6.45) is 1.29. The summed E-state index contributed by atoms with van der Waals surface area (Å²) in [6.45, 7) is 4.92. The molecule has 2 rings (SSSR count).